The molecule has 11 heteroatoms. The van der Waals surface area contributed by atoms with E-state index in [-0.39, 0.29) is 9.22 Å². The first-order chi connectivity index (χ1) is 12.3. The molecule has 134 valence electrons. The van der Waals surface area contributed by atoms with Gasteiger partial charge in [-0.15, -0.1) is 0 Å². The average Bonchev–Trinajstić information content (AvgIpc) is 3.06. The second-order valence-electron chi connectivity index (χ2n) is 4.90. The molecule has 0 atom stereocenters. The molecule has 2 aromatic carbocycles. The highest BCUT2D eigenvalue weighted by molar-refractivity contribution is 7.89. The number of nitro benzene ring substituents is 1. The van der Waals surface area contributed by atoms with E-state index in [4.69, 9.17) is 4.18 Å². The van der Waals surface area contributed by atoms with Crippen molar-refractivity contribution < 1.29 is 26.3 Å². The third-order valence-corrected chi connectivity index (χ3v) is 5.84. The summed E-state index contributed by atoms with van der Waals surface area (Å²) < 4.78 is 55.3. The summed E-state index contributed by atoms with van der Waals surface area (Å²) in [5, 5.41) is 11.2. The van der Waals surface area contributed by atoms with Gasteiger partial charge in [-0.1, -0.05) is 11.3 Å². The molecular weight excluding hydrogens is 390 g/mol. The van der Waals surface area contributed by atoms with Crippen molar-refractivity contribution >= 4 is 27.1 Å². The fourth-order valence-electron chi connectivity index (χ4n) is 1.97. The molecule has 0 spiro atoms. The first kappa shape index (κ1) is 17.9. The summed E-state index contributed by atoms with van der Waals surface area (Å²) >= 11 is 0.726. The summed E-state index contributed by atoms with van der Waals surface area (Å²) in [6.07, 6.45) is 1.00. The molecule has 0 aliphatic rings. The number of benzene rings is 2. The third-order valence-electron chi connectivity index (χ3n) is 3.14. The van der Waals surface area contributed by atoms with Crippen LogP contribution in [0.2, 0.25) is 0 Å². The van der Waals surface area contributed by atoms with Crippen molar-refractivity contribution in [2.45, 2.75) is 4.21 Å². The molecule has 0 bridgehead atoms. The molecule has 0 amide bonds. The van der Waals surface area contributed by atoms with Gasteiger partial charge in [-0.05, 0) is 30.3 Å². The maximum absolute atomic E-state index is 13.3. The zero-order valence-electron chi connectivity index (χ0n) is 12.6. The molecule has 0 N–H and O–H groups in total. The number of thiazole rings is 1. The number of hydrogen-bond donors (Lipinski definition) is 0. The lowest BCUT2D eigenvalue weighted by Gasteiger charge is -2.05. The van der Waals surface area contributed by atoms with Gasteiger partial charge in [0.2, 0.25) is 5.75 Å². The van der Waals surface area contributed by atoms with Crippen molar-refractivity contribution in [2.75, 3.05) is 0 Å². The third kappa shape index (κ3) is 3.68. The van der Waals surface area contributed by atoms with Crippen LogP contribution in [-0.4, -0.2) is 18.3 Å². The van der Waals surface area contributed by atoms with Gasteiger partial charge in [0, 0.05) is 17.7 Å². The first-order valence-corrected chi connectivity index (χ1v) is 9.09. The molecule has 0 saturated carbocycles. The highest BCUT2D eigenvalue weighted by Crippen LogP contribution is 2.33. The van der Waals surface area contributed by atoms with E-state index in [9.17, 15) is 27.3 Å². The highest BCUT2D eigenvalue weighted by atomic mass is 32.3. The van der Waals surface area contributed by atoms with Crippen LogP contribution in [0.1, 0.15) is 0 Å². The summed E-state index contributed by atoms with van der Waals surface area (Å²) in [4.78, 5) is 14.0. The molecule has 0 unspecified atom stereocenters. The van der Waals surface area contributed by atoms with E-state index in [1.807, 2.05) is 0 Å². The monoisotopic (exact) mass is 398 g/mol. The minimum atomic E-state index is -4.47. The molecule has 0 aliphatic carbocycles. The van der Waals surface area contributed by atoms with Crippen molar-refractivity contribution in [3.63, 3.8) is 0 Å². The van der Waals surface area contributed by atoms with E-state index in [0.29, 0.717) is 11.6 Å². The first-order valence-electron chi connectivity index (χ1n) is 6.86. The molecule has 3 rings (SSSR count). The van der Waals surface area contributed by atoms with Gasteiger partial charge in [-0.25, -0.2) is 13.8 Å². The summed E-state index contributed by atoms with van der Waals surface area (Å²) in [6, 6.07) is 7.45. The Kier molecular flexibility index (Phi) is 4.66. The summed E-state index contributed by atoms with van der Waals surface area (Å²) in [6.45, 7) is 0. The lowest BCUT2D eigenvalue weighted by molar-refractivity contribution is -0.385. The lowest BCUT2D eigenvalue weighted by Crippen LogP contribution is -2.09. The maximum atomic E-state index is 13.3. The van der Waals surface area contributed by atoms with E-state index in [1.165, 1.54) is 24.3 Å². The Labute approximate surface area is 149 Å². The van der Waals surface area contributed by atoms with Gasteiger partial charge >= 0.3 is 15.8 Å². The maximum Gasteiger partial charge on any atom is 0.350 e. The van der Waals surface area contributed by atoms with Crippen LogP contribution in [0.5, 0.6) is 5.75 Å². The van der Waals surface area contributed by atoms with Gasteiger partial charge in [-0.3, -0.25) is 10.1 Å². The Morgan fingerprint density at radius 3 is 2.38 bits per heavy atom. The molecule has 7 nitrogen and oxygen atoms in total. The summed E-state index contributed by atoms with van der Waals surface area (Å²) in [5.74, 6) is -2.09. The van der Waals surface area contributed by atoms with E-state index >= 15 is 0 Å². The van der Waals surface area contributed by atoms with Crippen LogP contribution >= 0.6 is 11.3 Å². The van der Waals surface area contributed by atoms with Crippen molar-refractivity contribution in [3.8, 4) is 16.3 Å². The largest absolute Gasteiger partial charge is 0.371 e. The van der Waals surface area contributed by atoms with Gasteiger partial charge < -0.3 is 4.18 Å². The van der Waals surface area contributed by atoms with Crippen LogP contribution in [0, 0.1) is 21.7 Å². The van der Waals surface area contributed by atoms with Gasteiger partial charge in [0.05, 0.1) is 11.1 Å². The van der Waals surface area contributed by atoms with Crippen LogP contribution in [0.4, 0.5) is 14.5 Å². The number of hydrogen-bond acceptors (Lipinski definition) is 7. The average molecular weight is 398 g/mol. The molecule has 3 aromatic rings. The Balaban J connectivity index is 1.94. The van der Waals surface area contributed by atoms with Crippen molar-refractivity contribution in [1.82, 2.24) is 4.98 Å². The minimum absolute atomic E-state index is 0.279. The van der Waals surface area contributed by atoms with Crippen LogP contribution < -0.4 is 4.18 Å². The number of nitro groups is 1. The van der Waals surface area contributed by atoms with E-state index < -0.39 is 38.1 Å². The number of nitrogens with zero attached hydrogens (tertiary/aromatic N) is 2. The van der Waals surface area contributed by atoms with E-state index in [1.54, 1.807) is 0 Å². The molecule has 0 fully saturated rings. The number of halogens is 2. The van der Waals surface area contributed by atoms with Gasteiger partial charge in [0.25, 0.3) is 0 Å². The topological polar surface area (TPSA) is 99.4 Å². The molecule has 0 radical (unpaired) electrons. The zero-order valence-corrected chi connectivity index (χ0v) is 14.3. The smallest absolute Gasteiger partial charge is 0.350 e. The van der Waals surface area contributed by atoms with Gasteiger partial charge in [0.15, 0.2) is 4.21 Å². The molecular formula is C15H8F2N2O5S2. The van der Waals surface area contributed by atoms with E-state index in [0.717, 1.165) is 29.7 Å². The van der Waals surface area contributed by atoms with Crippen LogP contribution in [0.25, 0.3) is 10.6 Å². The van der Waals surface area contributed by atoms with E-state index in [2.05, 4.69) is 4.98 Å². The van der Waals surface area contributed by atoms with Crippen LogP contribution in [-0.2, 0) is 10.1 Å². The lowest BCUT2D eigenvalue weighted by atomic mass is 10.2. The predicted molar refractivity (Wildman–Crippen MR) is 88.4 cm³/mol. The Morgan fingerprint density at radius 2 is 1.73 bits per heavy atom. The zero-order chi connectivity index (χ0) is 18.9. The molecule has 1 heterocycles. The summed E-state index contributed by atoms with van der Waals surface area (Å²) in [7, 11) is -4.47. The van der Waals surface area contributed by atoms with Crippen molar-refractivity contribution in [3.05, 3.63) is 70.4 Å². The van der Waals surface area contributed by atoms with Crippen molar-refractivity contribution in [2.24, 2.45) is 0 Å². The number of rotatable bonds is 5. The second-order valence-corrected chi connectivity index (χ2v) is 7.70. The minimum Gasteiger partial charge on any atom is -0.371 e. The molecule has 0 aliphatic heterocycles. The Bertz CT molecular complexity index is 1080. The quantitative estimate of drug-likeness (QED) is 0.369. The standard InChI is InChI=1S/C15H8F2N2O5S2/c16-10-3-1-9(2-4-10)15-18-8-14(25-15)26(22,23)24-13-7-11(17)5-6-12(13)19(20)21/h1-8H. The molecule has 0 saturated heterocycles. The fraction of sp³-hybridized carbons (Fsp3) is 0. The summed E-state index contributed by atoms with van der Waals surface area (Å²) in [5.41, 5.74) is -0.215. The SMILES string of the molecule is O=[N+]([O-])c1ccc(F)cc1OS(=O)(=O)c1cnc(-c2ccc(F)cc2)s1. The molecule has 1 aromatic heterocycles. The second kappa shape index (κ2) is 6.77. The van der Waals surface area contributed by atoms with Crippen LogP contribution in [0.15, 0.2) is 52.9 Å². The highest BCUT2D eigenvalue weighted by Gasteiger charge is 2.26. The Hall–Kier alpha value is -2.92. The molecule has 26 heavy (non-hydrogen) atoms. The fourth-order valence-corrected chi connectivity index (χ4v) is 4.00. The van der Waals surface area contributed by atoms with Gasteiger partial charge in [0.1, 0.15) is 16.6 Å². The normalized spacial score (nSPS) is 11.3. The number of aromatic nitrogens is 1. The van der Waals surface area contributed by atoms with Crippen molar-refractivity contribution in [1.29, 1.82) is 0 Å². The predicted octanol–water partition coefficient (Wildman–Crippen LogP) is 3.76. The van der Waals surface area contributed by atoms with Gasteiger partial charge in [-0.2, -0.15) is 8.42 Å². The Morgan fingerprint density at radius 1 is 1.08 bits per heavy atom. The van der Waals surface area contributed by atoms with Crippen LogP contribution in [0.3, 0.4) is 0 Å².